The molecular weight excluding hydrogens is 296 g/mol. The highest BCUT2D eigenvalue weighted by Gasteiger charge is 2.24. The standard InChI is InChI=1S/C15H16N6O2/c1-23-9-14(22)13-8-20(19-17-13)7-12-4-15-16-5-11(10-2-3-10)6-21(15)18-12/h4-6,8,10H,2-3,7,9H2,1H3. The maximum atomic E-state index is 11.7. The summed E-state index contributed by atoms with van der Waals surface area (Å²) >= 11 is 0. The van der Waals surface area contributed by atoms with E-state index in [2.05, 4.69) is 20.4 Å². The summed E-state index contributed by atoms with van der Waals surface area (Å²) in [5.41, 5.74) is 3.16. The third-order valence-corrected chi connectivity index (χ3v) is 3.86. The highest BCUT2D eigenvalue weighted by atomic mass is 16.5. The number of carbonyl (C=O) groups excluding carboxylic acids is 1. The molecule has 4 rings (SSSR count). The summed E-state index contributed by atoms with van der Waals surface area (Å²) < 4.78 is 8.20. The highest BCUT2D eigenvalue weighted by Crippen LogP contribution is 2.39. The minimum Gasteiger partial charge on any atom is -0.376 e. The van der Waals surface area contributed by atoms with E-state index in [1.54, 1.807) is 15.4 Å². The minimum absolute atomic E-state index is 0.000914. The number of hydrogen-bond acceptors (Lipinski definition) is 6. The highest BCUT2D eigenvalue weighted by molar-refractivity contribution is 5.94. The van der Waals surface area contributed by atoms with E-state index < -0.39 is 0 Å². The number of ether oxygens (including phenoxy) is 1. The molecule has 1 saturated carbocycles. The van der Waals surface area contributed by atoms with E-state index in [-0.39, 0.29) is 12.4 Å². The van der Waals surface area contributed by atoms with Crippen LogP contribution in [0.15, 0.2) is 24.7 Å². The van der Waals surface area contributed by atoms with Crippen molar-refractivity contribution in [2.24, 2.45) is 0 Å². The van der Waals surface area contributed by atoms with Gasteiger partial charge in [-0.05, 0) is 24.3 Å². The topological polar surface area (TPSA) is 87.2 Å². The van der Waals surface area contributed by atoms with Gasteiger partial charge in [0.2, 0.25) is 5.78 Å². The summed E-state index contributed by atoms with van der Waals surface area (Å²) in [5, 5.41) is 12.4. The number of aromatic nitrogens is 6. The Morgan fingerprint density at radius 2 is 2.26 bits per heavy atom. The normalized spacial score (nSPS) is 14.5. The first-order valence-corrected chi connectivity index (χ1v) is 7.49. The van der Waals surface area contributed by atoms with Crippen molar-refractivity contribution < 1.29 is 9.53 Å². The second kappa shape index (κ2) is 5.54. The molecule has 118 valence electrons. The van der Waals surface area contributed by atoms with Gasteiger partial charge in [-0.1, -0.05) is 5.21 Å². The van der Waals surface area contributed by atoms with E-state index in [0.717, 1.165) is 11.3 Å². The lowest BCUT2D eigenvalue weighted by molar-refractivity contribution is 0.0843. The fourth-order valence-corrected chi connectivity index (χ4v) is 2.52. The zero-order chi connectivity index (χ0) is 15.8. The molecule has 0 bridgehead atoms. The molecule has 0 unspecified atom stereocenters. The molecule has 1 aliphatic carbocycles. The van der Waals surface area contributed by atoms with Crippen LogP contribution < -0.4 is 0 Å². The van der Waals surface area contributed by atoms with Gasteiger partial charge in [-0.15, -0.1) is 5.10 Å². The Kier molecular flexibility index (Phi) is 3.38. The predicted octanol–water partition coefficient (Wildman–Crippen LogP) is 1.08. The van der Waals surface area contributed by atoms with Crippen molar-refractivity contribution in [2.75, 3.05) is 13.7 Å². The van der Waals surface area contributed by atoms with Gasteiger partial charge in [-0.2, -0.15) is 5.10 Å². The Morgan fingerprint density at radius 3 is 3.04 bits per heavy atom. The fraction of sp³-hybridized carbons (Fsp3) is 0.400. The van der Waals surface area contributed by atoms with Gasteiger partial charge >= 0.3 is 0 Å². The van der Waals surface area contributed by atoms with Gasteiger partial charge in [0, 0.05) is 25.6 Å². The maximum absolute atomic E-state index is 11.7. The molecule has 0 N–H and O–H groups in total. The lowest BCUT2D eigenvalue weighted by Crippen LogP contribution is -2.07. The van der Waals surface area contributed by atoms with Crippen LogP contribution in [-0.2, 0) is 11.3 Å². The molecule has 8 nitrogen and oxygen atoms in total. The number of fused-ring (bicyclic) bond motifs is 1. The summed E-state index contributed by atoms with van der Waals surface area (Å²) in [5.74, 6) is 0.453. The molecule has 0 aromatic carbocycles. The molecule has 23 heavy (non-hydrogen) atoms. The molecule has 3 heterocycles. The Hall–Kier alpha value is -2.61. The second-order valence-electron chi connectivity index (χ2n) is 5.76. The van der Waals surface area contributed by atoms with Crippen molar-refractivity contribution in [2.45, 2.75) is 25.3 Å². The number of ketones is 1. The van der Waals surface area contributed by atoms with Crippen LogP contribution in [0.2, 0.25) is 0 Å². The average molecular weight is 312 g/mol. The van der Waals surface area contributed by atoms with Crippen LogP contribution in [0.4, 0.5) is 0 Å². The molecule has 0 atom stereocenters. The molecule has 0 saturated heterocycles. The first kappa shape index (κ1) is 14.0. The van der Waals surface area contributed by atoms with Crippen molar-refractivity contribution in [1.82, 2.24) is 29.6 Å². The van der Waals surface area contributed by atoms with Crippen molar-refractivity contribution >= 4 is 11.4 Å². The Balaban J connectivity index is 1.54. The largest absolute Gasteiger partial charge is 0.376 e. The summed E-state index contributed by atoms with van der Waals surface area (Å²) in [6.07, 6.45) is 8.04. The second-order valence-corrected chi connectivity index (χ2v) is 5.76. The number of carbonyl (C=O) groups is 1. The van der Waals surface area contributed by atoms with Crippen molar-refractivity contribution in [3.8, 4) is 0 Å². The number of hydrogen-bond donors (Lipinski definition) is 0. The summed E-state index contributed by atoms with van der Waals surface area (Å²) in [7, 11) is 1.47. The Morgan fingerprint density at radius 1 is 1.39 bits per heavy atom. The van der Waals surface area contributed by atoms with Crippen LogP contribution in [0.5, 0.6) is 0 Å². The van der Waals surface area contributed by atoms with E-state index in [0.29, 0.717) is 18.2 Å². The molecule has 8 heteroatoms. The third-order valence-electron chi connectivity index (χ3n) is 3.86. The monoisotopic (exact) mass is 312 g/mol. The maximum Gasteiger partial charge on any atom is 0.210 e. The van der Waals surface area contributed by atoms with Gasteiger partial charge in [0.1, 0.15) is 6.61 Å². The van der Waals surface area contributed by atoms with Gasteiger partial charge in [-0.25, -0.2) is 14.2 Å². The number of Topliss-reactive ketones (excluding diaryl/α,β-unsaturated/α-hetero) is 1. The summed E-state index contributed by atoms with van der Waals surface area (Å²) in [6.45, 7) is 0.441. The van der Waals surface area contributed by atoms with Crippen LogP contribution in [0.25, 0.3) is 5.65 Å². The minimum atomic E-state index is -0.190. The molecule has 3 aromatic heterocycles. The van der Waals surface area contributed by atoms with Crippen LogP contribution in [-0.4, -0.2) is 49.1 Å². The first-order valence-electron chi connectivity index (χ1n) is 7.49. The van der Waals surface area contributed by atoms with Crippen molar-refractivity contribution in [1.29, 1.82) is 0 Å². The van der Waals surface area contributed by atoms with Gasteiger partial charge in [0.05, 0.1) is 18.4 Å². The molecule has 1 aliphatic rings. The first-order chi connectivity index (χ1) is 11.2. The predicted molar refractivity (Wildman–Crippen MR) is 80.3 cm³/mol. The molecule has 3 aromatic rings. The Bertz CT molecular complexity index is 864. The molecule has 0 aliphatic heterocycles. The van der Waals surface area contributed by atoms with Gasteiger partial charge in [0.15, 0.2) is 11.3 Å². The molecule has 1 fully saturated rings. The molecular formula is C15H16N6O2. The third kappa shape index (κ3) is 2.85. The van der Waals surface area contributed by atoms with Gasteiger partial charge in [0.25, 0.3) is 0 Å². The summed E-state index contributed by atoms with van der Waals surface area (Å²) in [6, 6.07) is 1.91. The fourth-order valence-electron chi connectivity index (χ4n) is 2.52. The van der Waals surface area contributed by atoms with E-state index >= 15 is 0 Å². The number of rotatable bonds is 6. The van der Waals surface area contributed by atoms with Crippen LogP contribution in [0, 0.1) is 0 Å². The number of nitrogens with zero attached hydrogens (tertiary/aromatic N) is 6. The molecule has 0 radical (unpaired) electrons. The number of methoxy groups -OCH3 is 1. The zero-order valence-corrected chi connectivity index (χ0v) is 12.7. The van der Waals surface area contributed by atoms with E-state index in [1.165, 1.54) is 25.5 Å². The summed E-state index contributed by atoms with van der Waals surface area (Å²) in [4.78, 5) is 16.1. The lowest BCUT2D eigenvalue weighted by Gasteiger charge is -1.97. The van der Waals surface area contributed by atoms with Crippen molar-refractivity contribution in [3.63, 3.8) is 0 Å². The zero-order valence-electron chi connectivity index (χ0n) is 12.7. The van der Waals surface area contributed by atoms with Crippen LogP contribution in [0.1, 0.15) is 40.5 Å². The average Bonchev–Trinajstić information content (AvgIpc) is 3.15. The lowest BCUT2D eigenvalue weighted by atomic mass is 10.2. The van der Waals surface area contributed by atoms with Crippen molar-refractivity contribution in [3.05, 3.63) is 41.6 Å². The molecule has 0 spiro atoms. The van der Waals surface area contributed by atoms with Crippen LogP contribution >= 0.6 is 0 Å². The van der Waals surface area contributed by atoms with E-state index in [1.807, 2.05) is 18.5 Å². The van der Waals surface area contributed by atoms with Gasteiger partial charge < -0.3 is 4.74 Å². The van der Waals surface area contributed by atoms with E-state index in [4.69, 9.17) is 4.74 Å². The van der Waals surface area contributed by atoms with Gasteiger partial charge in [-0.3, -0.25) is 4.79 Å². The molecule has 0 amide bonds. The van der Waals surface area contributed by atoms with Crippen LogP contribution in [0.3, 0.4) is 0 Å². The van der Waals surface area contributed by atoms with E-state index in [9.17, 15) is 4.79 Å². The quantitative estimate of drug-likeness (QED) is 0.633. The SMILES string of the molecule is COCC(=O)c1cn(Cc2cc3ncc(C4CC4)cn3n2)nn1. The smallest absolute Gasteiger partial charge is 0.210 e. The Labute approximate surface area is 132 Å².